The highest BCUT2D eigenvalue weighted by molar-refractivity contribution is 7.64. The Labute approximate surface area is 602 Å². The summed E-state index contributed by atoms with van der Waals surface area (Å²) in [6.45, 7) is 0. The van der Waals surface area contributed by atoms with Crippen molar-refractivity contribution in [2.45, 2.75) is 0 Å². The molecule has 9 heteroatoms. The molecule has 0 spiro atoms. The summed E-state index contributed by atoms with van der Waals surface area (Å²) in [5, 5.41) is 23.3. The van der Waals surface area contributed by atoms with Crippen LogP contribution >= 0.6 is 15.5 Å². The van der Waals surface area contributed by atoms with Crippen LogP contribution in [0.3, 0.4) is 0 Å². The standard InChI is InChI=1S/C96H57NO6P2/c98-104(100-85-55-81(87-67-35-11-1-25-57(67)49-58-26-2-12-36-68(58)87)77-45-21-23-47-79(77)91(85)93-75-43-19-9-33-65(75)53-83(95(93)102-104)89-71-39-15-5-29-61(71)51-62-30-6-16-40-72(62)89)97-105(99)101-86-56-82(88-69-37-13-3-27-59(69)50-60-28-4-14-38-70(60)88)78-46-22-24-48-80(78)92(86)94-76-44-20-10-34-66(76)54-84(96(94)103-105)90-73-41-17-7-31-63(73)52-64-32-8-18-42-74(64)90/h1-56,98H. The van der Waals surface area contributed by atoms with Crippen molar-refractivity contribution in [2.24, 2.45) is 4.52 Å². The van der Waals surface area contributed by atoms with E-state index in [2.05, 4.69) is 303 Å². The van der Waals surface area contributed by atoms with Gasteiger partial charge in [-0.05, 0) is 200 Å². The highest BCUT2D eigenvalue weighted by Gasteiger charge is 2.45. The average Bonchev–Trinajstić information content (AvgIpc) is 1.70. The van der Waals surface area contributed by atoms with Gasteiger partial charge in [0.2, 0.25) is 0 Å². The average molecular weight is 1380 g/mol. The van der Waals surface area contributed by atoms with Crippen molar-refractivity contribution in [3.8, 4) is 89.8 Å². The molecule has 2 atom stereocenters. The zero-order valence-corrected chi connectivity index (χ0v) is 58.0. The minimum Gasteiger partial charge on any atom is -0.409 e. The SMILES string of the molecule is O=P1(N=P2(O)Oc3cc(-c4c5ccccc5cc5ccccc45)c4ccccc4c3-c3c(c(-c4c5ccccc5cc5ccccc45)cc4ccccc34)O2)Oc2cc(-c3c4ccccc4cc4ccccc34)c3ccccc3c2-c2c(c(-c3c4ccccc4cc4ccccc34)cc3ccccc23)O1. The van der Waals surface area contributed by atoms with Gasteiger partial charge in [0.15, 0.2) is 0 Å². The van der Waals surface area contributed by atoms with E-state index in [0.29, 0.717) is 33.4 Å². The Balaban J connectivity index is 0.897. The van der Waals surface area contributed by atoms with Gasteiger partial charge in [0.1, 0.15) is 23.0 Å². The van der Waals surface area contributed by atoms with Crippen LogP contribution in [0.4, 0.5) is 0 Å². The summed E-state index contributed by atoms with van der Waals surface area (Å²) >= 11 is 0. The van der Waals surface area contributed by atoms with Crippen LogP contribution in [-0.4, -0.2) is 4.89 Å². The Morgan fingerprint density at radius 1 is 0.210 bits per heavy atom. The Kier molecular flexibility index (Phi) is 13.0. The molecule has 0 saturated heterocycles. The van der Waals surface area contributed by atoms with Crippen LogP contribution in [0.5, 0.6) is 23.0 Å². The summed E-state index contributed by atoms with van der Waals surface area (Å²) in [4.78, 5) is 14.9. The third-order valence-corrected chi connectivity index (χ3v) is 25.2. The highest BCUT2D eigenvalue weighted by atomic mass is 31.2. The molecule has 2 aliphatic heterocycles. The second kappa shape index (κ2) is 22.8. The predicted octanol–water partition coefficient (Wildman–Crippen LogP) is 27.8. The van der Waals surface area contributed by atoms with E-state index in [0.717, 1.165) is 163 Å². The highest BCUT2D eigenvalue weighted by Crippen LogP contribution is 2.71. The molecular weight excluding hydrogens is 1330 g/mol. The summed E-state index contributed by atoms with van der Waals surface area (Å²) in [6.07, 6.45) is 0. The van der Waals surface area contributed by atoms with E-state index in [1.807, 2.05) is 36.4 Å². The Morgan fingerprint density at radius 3 is 0.743 bits per heavy atom. The second-order valence-corrected chi connectivity index (χ2v) is 30.9. The zero-order valence-electron chi connectivity index (χ0n) is 56.2. The summed E-state index contributed by atoms with van der Waals surface area (Å²) in [5.74, 6) is 1.02. The molecule has 22 rings (SSSR count). The van der Waals surface area contributed by atoms with Crippen molar-refractivity contribution < 1.29 is 27.6 Å². The molecule has 0 radical (unpaired) electrons. The number of fused-ring (bicyclic) bond motifs is 22. The Hall–Kier alpha value is -12.9. The van der Waals surface area contributed by atoms with E-state index in [9.17, 15) is 4.89 Å². The number of benzene rings is 20. The van der Waals surface area contributed by atoms with Crippen LogP contribution in [0, 0.1) is 0 Å². The van der Waals surface area contributed by atoms with Crippen LogP contribution in [0.2, 0.25) is 0 Å². The second-order valence-electron chi connectivity index (χ2n) is 27.6. The quantitative estimate of drug-likeness (QED) is 0.136. The molecule has 0 amide bonds. The van der Waals surface area contributed by atoms with Crippen LogP contribution in [-0.2, 0) is 4.57 Å². The molecule has 2 unspecified atom stereocenters. The third kappa shape index (κ3) is 9.16. The van der Waals surface area contributed by atoms with Gasteiger partial charge in [0.05, 0.1) is 0 Å². The minimum absolute atomic E-state index is 0.226. The molecule has 2 aliphatic rings. The summed E-state index contributed by atoms with van der Waals surface area (Å²) < 4.78 is 54.2. The first-order valence-corrected chi connectivity index (χ1v) is 38.4. The zero-order chi connectivity index (χ0) is 69.2. The van der Waals surface area contributed by atoms with Crippen molar-refractivity contribution in [3.63, 3.8) is 0 Å². The summed E-state index contributed by atoms with van der Waals surface area (Å²) in [7, 11) is -10.5. The van der Waals surface area contributed by atoms with E-state index in [1.54, 1.807) is 0 Å². The van der Waals surface area contributed by atoms with Gasteiger partial charge >= 0.3 is 15.5 Å². The predicted molar refractivity (Wildman–Crippen MR) is 437 cm³/mol. The number of nitrogens with zero attached hydrogens (tertiary/aromatic N) is 1. The molecule has 7 nitrogen and oxygen atoms in total. The third-order valence-electron chi connectivity index (χ3n) is 21.8. The maximum atomic E-state index is 18.3. The lowest BCUT2D eigenvalue weighted by Crippen LogP contribution is -2.05. The van der Waals surface area contributed by atoms with Crippen LogP contribution in [0.1, 0.15) is 0 Å². The molecule has 20 aromatic carbocycles. The molecule has 0 aromatic heterocycles. The van der Waals surface area contributed by atoms with Gasteiger partial charge in [-0.1, -0.05) is 296 Å². The largest absolute Gasteiger partial charge is 0.569 e. The number of hydrogen-bond acceptors (Lipinski definition) is 5. The first-order chi connectivity index (χ1) is 51.8. The van der Waals surface area contributed by atoms with Gasteiger partial charge in [-0.15, -0.1) is 0 Å². The van der Waals surface area contributed by atoms with Gasteiger partial charge in [0, 0.05) is 44.5 Å². The van der Waals surface area contributed by atoms with Crippen LogP contribution in [0.25, 0.3) is 196 Å². The molecule has 20 aromatic rings. The van der Waals surface area contributed by atoms with Crippen molar-refractivity contribution >= 4 is 145 Å². The van der Waals surface area contributed by atoms with E-state index in [1.165, 1.54) is 0 Å². The van der Waals surface area contributed by atoms with E-state index >= 15 is 4.57 Å². The number of hydrogen-bond donors (Lipinski definition) is 1. The molecule has 0 aliphatic carbocycles. The smallest absolute Gasteiger partial charge is 0.409 e. The first-order valence-electron chi connectivity index (χ1n) is 35.4. The Bertz CT molecular complexity index is 7170. The van der Waals surface area contributed by atoms with E-state index in [-0.39, 0.29) is 23.0 Å². The molecule has 2 heterocycles. The molecule has 1 N–H and O–H groups in total. The van der Waals surface area contributed by atoms with Gasteiger partial charge in [-0.3, -0.25) is 4.89 Å². The van der Waals surface area contributed by atoms with Gasteiger partial charge in [0.25, 0.3) is 0 Å². The van der Waals surface area contributed by atoms with E-state index in [4.69, 9.17) is 22.6 Å². The fourth-order valence-corrected chi connectivity index (χ4v) is 20.8. The molecule has 0 saturated carbocycles. The van der Waals surface area contributed by atoms with Gasteiger partial charge in [-0.2, -0.15) is 0 Å². The topological polar surface area (TPSA) is 86.6 Å². The molecule has 105 heavy (non-hydrogen) atoms. The number of rotatable bonds is 5. The molecule has 0 bridgehead atoms. The molecule has 492 valence electrons. The normalized spacial score (nSPS) is 15.5. The summed E-state index contributed by atoms with van der Waals surface area (Å²) in [5.41, 5.74) is 9.31. The first kappa shape index (κ1) is 59.8. The molecule has 0 fully saturated rings. The van der Waals surface area contributed by atoms with Gasteiger partial charge < -0.3 is 18.1 Å². The maximum Gasteiger partial charge on any atom is 0.569 e. The van der Waals surface area contributed by atoms with Crippen molar-refractivity contribution in [3.05, 3.63) is 340 Å². The fraction of sp³-hybridized carbons (Fsp3) is 0. The lowest BCUT2D eigenvalue weighted by molar-refractivity contribution is 0.361. The lowest BCUT2D eigenvalue weighted by Gasteiger charge is -2.23. The minimum atomic E-state index is -5.35. The van der Waals surface area contributed by atoms with Gasteiger partial charge in [-0.25, -0.2) is 4.57 Å². The monoisotopic (exact) mass is 1380 g/mol. The lowest BCUT2D eigenvalue weighted by atomic mass is 9.83. The Morgan fingerprint density at radius 2 is 0.438 bits per heavy atom. The summed E-state index contributed by atoms with van der Waals surface area (Å²) in [6, 6.07) is 118. The van der Waals surface area contributed by atoms with Crippen molar-refractivity contribution in [2.75, 3.05) is 0 Å². The molecular formula is C96H57NO6P2. The van der Waals surface area contributed by atoms with E-state index < -0.39 is 15.5 Å². The maximum absolute atomic E-state index is 18.3. The fourth-order valence-electron chi connectivity index (χ4n) is 17.4. The van der Waals surface area contributed by atoms with Crippen molar-refractivity contribution in [1.82, 2.24) is 0 Å². The van der Waals surface area contributed by atoms with Crippen LogP contribution in [0.15, 0.2) is 344 Å². The van der Waals surface area contributed by atoms with Crippen molar-refractivity contribution in [1.29, 1.82) is 0 Å². The van der Waals surface area contributed by atoms with Crippen LogP contribution < -0.4 is 18.1 Å².